The van der Waals surface area contributed by atoms with Gasteiger partial charge in [-0.15, -0.1) is 0 Å². The van der Waals surface area contributed by atoms with Crippen LogP contribution in [0.25, 0.3) is 0 Å². The van der Waals surface area contributed by atoms with Crippen LogP contribution < -0.4 is 0 Å². The minimum atomic E-state index is -1.59. The van der Waals surface area contributed by atoms with Crippen molar-refractivity contribution in [1.29, 1.82) is 0 Å². The van der Waals surface area contributed by atoms with Crippen LogP contribution in [0.5, 0.6) is 0 Å². The average Bonchev–Trinajstić information content (AvgIpc) is 2.26. The maximum absolute atomic E-state index is 13.6. The normalized spacial score (nSPS) is 12.5. The number of aliphatic hydroxyl groups excluding tert-OH is 1. The molecule has 0 saturated heterocycles. The highest BCUT2D eigenvalue weighted by Gasteiger charge is 2.22. The molecule has 0 aliphatic heterocycles. The van der Waals surface area contributed by atoms with Crippen molar-refractivity contribution < 1.29 is 18.3 Å². The molecule has 0 radical (unpaired) electrons. The molecule has 0 amide bonds. The highest BCUT2D eigenvalue weighted by Crippen LogP contribution is 2.32. The molecule has 2 rings (SSSR count). The highest BCUT2D eigenvalue weighted by molar-refractivity contribution is 6.31. The lowest BCUT2D eigenvalue weighted by Crippen LogP contribution is -2.07. The second-order valence-electron chi connectivity index (χ2n) is 4.21. The zero-order valence-electron chi connectivity index (χ0n) is 9.92. The Morgan fingerprint density at radius 3 is 2.16 bits per heavy atom. The van der Waals surface area contributed by atoms with Crippen LogP contribution in [-0.4, -0.2) is 5.11 Å². The summed E-state index contributed by atoms with van der Waals surface area (Å²) in [5.41, 5.74) is 0.393. The second-order valence-corrected chi connectivity index (χ2v) is 4.62. The van der Waals surface area contributed by atoms with Gasteiger partial charge in [0.1, 0.15) is 23.6 Å². The molecular formula is C14H10ClF3O. The summed E-state index contributed by atoms with van der Waals surface area (Å²) in [4.78, 5) is 0. The third-order valence-corrected chi connectivity index (χ3v) is 3.10. The lowest BCUT2D eigenvalue weighted by Gasteiger charge is -2.15. The van der Waals surface area contributed by atoms with Crippen LogP contribution in [0.15, 0.2) is 30.3 Å². The molecule has 1 atom stereocenters. The smallest absolute Gasteiger partial charge is 0.135 e. The molecule has 19 heavy (non-hydrogen) atoms. The van der Waals surface area contributed by atoms with E-state index >= 15 is 0 Å². The maximum Gasteiger partial charge on any atom is 0.135 e. The van der Waals surface area contributed by atoms with Gasteiger partial charge < -0.3 is 5.11 Å². The maximum atomic E-state index is 13.6. The van der Waals surface area contributed by atoms with E-state index in [0.717, 1.165) is 5.56 Å². The van der Waals surface area contributed by atoms with Crippen molar-refractivity contribution in [3.8, 4) is 0 Å². The van der Waals surface area contributed by atoms with Gasteiger partial charge in [-0.25, -0.2) is 13.2 Å². The Bertz CT molecular complexity index is 605. The summed E-state index contributed by atoms with van der Waals surface area (Å²) in [6, 6.07) is 5.74. The topological polar surface area (TPSA) is 20.2 Å². The number of hydrogen-bond donors (Lipinski definition) is 1. The van der Waals surface area contributed by atoms with Gasteiger partial charge in [0.05, 0.1) is 5.56 Å². The predicted molar refractivity (Wildman–Crippen MR) is 66.6 cm³/mol. The number of hydrogen-bond acceptors (Lipinski definition) is 1. The van der Waals surface area contributed by atoms with E-state index in [9.17, 15) is 18.3 Å². The quantitative estimate of drug-likeness (QED) is 0.879. The summed E-state index contributed by atoms with van der Waals surface area (Å²) >= 11 is 5.93. The van der Waals surface area contributed by atoms with Gasteiger partial charge in [0.25, 0.3) is 0 Å². The van der Waals surface area contributed by atoms with E-state index in [-0.39, 0.29) is 10.6 Å². The van der Waals surface area contributed by atoms with Crippen LogP contribution in [0, 0.1) is 24.4 Å². The molecule has 0 spiro atoms. The van der Waals surface area contributed by atoms with Crippen molar-refractivity contribution in [3.05, 3.63) is 69.5 Å². The van der Waals surface area contributed by atoms with E-state index in [1.54, 1.807) is 19.1 Å². The molecule has 0 saturated carbocycles. The van der Waals surface area contributed by atoms with Crippen LogP contribution in [0.1, 0.15) is 22.8 Å². The van der Waals surface area contributed by atoms with E-state index in [1.807, 2.05) is 0 Å². The van der Waals surface area contributed by atoms with E-state index in [4.69, 9.17) is 11.6 Å². The summed E-state index contributed by atoms with van der Waals surface area (Å²) < 4.78 is 40.0. The first-order valence-electron chi connectivity index (χ1n) is 5.48. The third kappa shape index (κ3) is 2.74. The Balaban J connectivity index is 2.53. The Morgan fingerprint density at radius 1 is 1.05 bits per heavy atom. The summed E-state index contributed by atoms with van der Waals surface area (Å²) in [7, 11) is 0. The molecule has 5 heteroatoms. The average molecular weight is 287 g/mol. The Labute approximate surface area is 113 Å². The van der Waals surface area contributed by atoms with Crippen molar-refractivity contribution >= 4 is 11.6 Å². The number of aliphatic hydroxyl groups is 1. The van der Waals surface area contributed by atoms with Crippen molar-refractivity contribution in [1.82, 2.24) is 0 Å². The van der Waals surface area contributed by atoms with Gasteiger partial charge in [0.15, 0.2) is 0 Å². The predicted octanol–water partition coefficient (Wildman–Crippen LogP) is 4.15. The second kappa shape index (κ2) is 5.23. The number of aryl methyl sites for hydroxylation is 1. The fourth-order valence-electron chi connectivity index (χ4n) is 1.82. The largest absolute Gasteiger partial charge is 0.383 e. The lowest BCUT2D eigenvalue weighted by atomic mass is 9.99. The summed E-state index contributed by atoms with van der Waals surface area (Å²) in [5, 5.41) is 10.2. The van der Waals surface area contributed by atoms with Gasteiger partial charge in [-0.2, -0.15) is 0 Å². The standard InChI is InChI=1S/C14H10ClF3O/c1-7-2-3-9(10(15)4-7)14(19)13-11(17)5-8(16)6-12(13)18/h2-6,14,19H,1H3. The van der Waals surface area contributed by atoms with Gasteiger partial charge >= 0.3 is 0 Å². The van der Waals surface area contributed by atoms with Crippen LogP contribution in [0.3, 0.4) is 0 Å². The first-order valence-corrected chi connectivity index (χ1v) is 5.86. The Hall–Kier alpha value is -1.52. The summed E-state index contributed by atoms with van der Waals surface area (Å²) in [6.07, 6.45) is -1.59. The molecule has 0 aliphatic rings. The highest BCUT2D eigenvalue weighted by atomic mass is 35.5. The molecule has 0 fully saturated rings. The van der Waals surface area contributed by atoms with Crippen LogP contribution >= 0.6 is 11.6 Å². The lowest BCUT2D eigenvalue weighted by molar-refractivity contribution is 0.208. The molecule has 0 heterocycles. The number of rotatable bonds is 2. The van der Waals surface area contributed by atoms with Crippen LogP contribution in [0.4, 0.5) is 13.2 Å². The molecule has 0 aromatic heterocycles. The Kier molecular flexibility index (Phi) is 3.83. The van der Waals surface area contributed by atoms with E-state index in [0.29, 0.717) is 12.1 Å². The molecule has 0 aliphatic carbocycles. The molecular weight excluding hydrogens is 277 g/mol. The fourth-order valence-corrected chi connectivity index (χ4v) is 2.16. The van der Waals surface area contributed by atoms with Gasteiger partial charge in [-0.05, 0) is 18.6 Å². The summed E-state index contributed by atoms with van der Waals surface area (Å²) in [5.74, 6) is -3.34. The molecule has 1 nitrogen and oxygen atoms in total. The van der Waals surface area contributed by atoms with E-state index in [1.165, 1.54) is 6.07 Å². The van der Waals surface area contributed by atoms with Crippen LogP contribution in [-0.2, 0) is 0 Å². The minimum Gasteiger partial charge on any atom is -0.383 e. The van der Waals surface area contributed by atoms with Crippen molar-refractivity contribution in [2.45, 2.75) is 13.0 Å². The molecule has 1 N–H and O–H groups in total. The Morgan fingerprint density at radius 2 is 1.63 bits per heavy atom. The van der Waals surface area contributed by atoms with Crippen LogP contribution in [0.2, 0.25) is 5.02 Å². The van der Waals surface area contributed by atoms with E-state index in [2.05, 4.69) is 0 Å². The zero-order valence-corrected chi connectivity index (χ0v) is 10.7. The zero-order chi connectivity index (χ0) is 14.2. The molecule has 0 bridgehead atoms. The number of halogens is 4. The van der Waals surface area contributed by atoms with E-state index < -0.39 is 29.1 Å². The molecule has 2 aromatic rings. The van der Waals surface area contributed by atoms with Crippen molar-refractivity contribution in [2.75, 3.05) is 0 Å². The van der Waals surface area contributed by atoms with Gasteiger partial charge in [0, 0.05) is 22.7 Å². The van der Waals surface area contributed by atoms with Gasteiger partial charge in [0.2, 0.25) is 0 Å². The fraction of sp³-hybridized carbons (Fsp3) is 0.143. The van der Waals surface area contributed by atoms with Crippen molar-refractivity contribution in [3.63, 3.8) is 0 Å². The first kappa shape index (κ1) is 13.9. The minimum absolute atomic E-state index is 0.164. The monoisotopic (exact) mass is 286 g/mol. The first-order chi connectivity index (χ1) is 8.90. The molecule has 1 unspecified atom stereocenters. The SMILES string of the molecule is Cc1ccc(C(O)c2c(F)cc(F)cc2F)c(Cl)c1. The molecule has 2 aromatic carbocycles. The van der Waals surface area contributed by atoms with Gasteiger partial charge in [-0.3, -0.25) is 0 Å². The van der Waals surface area contributed by atoms with Gasteiger partial charge in [-0.1, -0.05) is 23.7 Å². The number of benzene rings is 2. The van der Waals surface area contributed by atoms with Crippen molar-refractivity contribution in [2.24, 2.45) is 0 Å². The molecule has 100 valence electrons. The third-order valence-electron chi connectivity index (χ3n) is 2.77. The summed E-state index contributed by atoms with van der Waals surface area (Å²) in [6.45, 7) is 1.79.